The first-order chi connectivity index (χ1) is 8.40. The maximum atomic E-state index is 12.6. The van der Waals surface area contributed by atoms with E-state index in [0.29, 0.717) is 5.92 Å². The molecule has 0 radical (unpaired) electrons. The third-order valence-corrected chi connectivity index (χ3v) is 3.89. The molecule has 0 heterocycles. The third-order valence-electron chi connectivity index (χ3n) is 3.89. The number of hydrogen-bond donors (Lipinski definition) is 1. The van der Waals surface area contributed by atoms with Gasteiger partial charge in [0.25, 0.3) is 0 Å². The molecule has 0 aliphatic heterocycles. The molecule has 2 nitrogen and oxygen atoms in total. The molecule has 0 spiro atoms. The number of nitrogens with one attached hydrogen (secondary N) is 1. The van der Waals surface area contributed by atoms with Crippen molar-refractivity contribution in [2.24, 2.45) is 11.8 Å². The number of carbonyl (C=O) groups excluding carboxylic acids is 1. The normalized spacial score (nSPS) is 12.8. The van der Waals surface area contributed by atoms with Crippen molar-refractivity contribution in [3.8, 4) is 0 Å². The SMILES string of the molecule is CNCC(C(=O)c1ccc(C)c(C)c1C)C(C)C. The van der Waals surface area contributed by atoms with Crippen LogP contribution in [0.15, 0.2) is 12.1 Å². The maximum absolute atomic E-state index is 12.6. The summed E-state index contributed by atoms with van der Waals surface area (Å²) >= 11 is 0. The Hall–Kier alpha value is -1.15. The molecule has 18 heavy (non-hydrogen) atoms. The lowest BCUT2D eigenvalue weighted by atomic mass is 9.85. The van der Waals surface area contributed by atoms with Crippen LogP contribution in [0, 0.1) is 32.6 Å². The predicted molar refractivity (Wildman–Crippen MR) is 77.2 cm³/mol. The number of aryl methyl sites for hydroxylation is 1. The third kappa shape index (κ3) is 2.99. The monoisotopic (exact) mass is 247 g/mol. The molecule has 1 unspecified atom stereocenters. The van der Waals surface area contributed by atoms with Gasteiger partial charge in [0, 0.05) is 18.0 Å². The Kier molecular flexibility index (Phi) is 5.09. The van der Waals surface area contributed by atoms with Crippen LogP contribution in [0.1, 0.15) is 40.9 Å². The van der Waals surface area contributed by atoms with Crippen LogP contribution in [0.5, 0.6) is 0 Å². The topological polar surface area (TPSA) is 29.1 Å². The summed E-state index contributed by atoms with van der Waals surface area (Å²) in [5.41, 5.74) is 4.49. The van der Waals surface area contributed by atoms with Gasteiger partial charge < -0.3 is 5.32 Å². The van der Waals surface area contributed by atoms with E-state index in [2.05, 4.69) is 33.0 Å². The molecule has 0 aromatic heterocycles. The van der Waals surface area contributed by atoms with E-state index in [4.69, 9.17) is 0 Å². The molecule has 0 aliphatic rings. The highest BCUT2D eigenvalue weighted by molar-refractivity contribution is 5.99. The van der Waals surface area contributed by atoms with Crippen LogP contribution in [-0.4, -0.2) is 19.4 Å². The Morgan fingerprint density at radius 2 is 1.78 bits per heavy atom. The van der Waals surface area contributed by atoms with Gasteiger partial charge in [-0.1, -0.05) is 26.0 Å². The summed E-state index contributed by atoms with van der Waals surface area (Å²) in [5.74, 6) is 0.668. The van der Waals surface area contributed by atoms with Crippen molar-refractivity contribution in [3.05, 3.63) is 34.4 Å². The first-order valence-corrected chi connectivity index (χ1v) is 6.65. The highest BCUT2D eigenvalue weighted by Gasteiger charge is 2.24. The van der Waals surface area contributed by atoms with Crippen LogP contribution < -0.4 is 5.32 Å². The van der Waals surface area contributed by atoms with Gasteiger partial charge in [-0.25, -0.2) is 0 Å². The van der Waals surface area contributed by atoms with E-state index >= 15 is 0 Å². The molecule has 1 rings (SSSR count). The van der Waals surface area contributed by atoms with Crippen molar-refractivity contribution in [1.82, 2.24) is 5.32 Å². The Balaban J connectivity index is 3.13. The molecule has 0 saturated carbocycles. The van der Waals surface area contributed by atoms with E-state index in [-0.39, 0.29) is 11.7 Å². The van der Waals surface area contributed by atoms with Crippen molar-refractivity contribution in [1.29, 1.82) is 0 Å². The van der Waals surface area contributed by atoms with Gasteiger partial charge in [0.05, 0.1) is 0 Å². The fourth-order valence-electron chi connectivity index (χ4n) is 2.27. The summed E-state index contributed by atoms with van der Waals surface area (Å²) in [6.45, 7) is 11.2. The standard InChI is InChI=1S/C16H25NO/c1-10(2)15(9-17-6)16(18)14-8-7-11(3)12(4)13(14)5/h7-8,10,15,17H,9H2,1-6H3. The second-order valence-corrected chi connectivity index (χ2v) is 5.45. The first kappa shape index (κ1) is 14.9. The second-order valence-electron chi connectivity index (χ2n) is 5.45. The van der Waals surface area contributed by atoms with E-state index < -0.39 is 0 Å². The Morgan fingerprint density at radius 1 is 1.17 bits per heavy atom. The number of rotatable bonds is 5. The highest BCUT2D eigenvalue weighted by atomic mass is 16.1. The van der Waals surface area contributed by atoms with Gasteiger partial charge in [0.15, 0.2) is 5.78 Å². The molecular weight excluding hydrogens is 222 g/mol. The number of hydrogen-bond acceptors (Lipinski definition) is 2. The fourth-order valence-corrected chi connectivity index (χ4v) is 2.27. The molecule has 1 atom stereocenters. The van der Waals surface area contributed by atoms with Crippen LogP contribution in [0.4, 0.5) is 0 Å². The molecule has 2 heteroatoms. The highest BCUT2D eigenvalue weighted by Crippen LogP contribution is 2.23. The number of carbonyl (C=O) groups is 1. The average Bonchev–Trinajstić information content (AvgIpc) is 2.32. The second kappa shape index (κ2) is 6.14. The van der Waals surface area contributed by atoms with Gasteiger partial charge in [-0.2, -0.15) is 0 Å². The summed E-state index contributed by atoms with van der Waals surface area (Å²) in [7, 11) is 1.90. The van der Waals surface area contributed by atoms with Gasteiger partial charge in [0.2, 0.25) is 0 Å². The van der Waals surface area contributed by atoms with Gasteiger partial charge in [-0.15, -0.1) is 0 Å². The van der Waals surface area contributed by atoms with Gasteiger partial charge in [-0.3, -0.25) is 4.79 Å². The summed E-state index contributed by atoms with van der Waals surface area (Å²) in [6, 6.07) is 4.03. The van der Waals surface area contributed by atoms with Crippen LogP contribution >= 0.6 is 0 Å². The quantitative estimate of drug-likeness (QED) is 0.809. The predicted octanol–water partition coefficient (Wildman–Crippen LogP) is 3.29. The molecule has 1 N–H and O–H groups in total. The lowest BCUT2D eigenvalue weighted by Crippen LogP contribution is -2.31. The van der Waals surface area contributed by atoms with Crippen LogP contribution in [-0.2, 0) is 0 Å². The van der Waals surface area contributed by atoms with Crippen LogP contribution in [0.3, 0.4) is 0 Å². The molecule has 0 amide bonds. The molecule has 100 valence electrons. The zero-order valence-electron chi connectivity index (χ0n) is 12.4. The zero-order chi connectivity index (χ0) is 13.9. The molecule has 0 aliphatic carbocycles. The molecular formula is C16H25NO. The van der Waals surface area contributed by atoms with Crippen molar-refractivity contribution in [2.75, 3.05) is 13.6 Å². The van der Waals surface area contributed by atoms with Crippen molar-refractivity contribution in [3.63, 3.8) is 0 Å². The summed E-state index contributed by atoms with van der Waals surface area (Å²) < 4.78 is 0. The molecule has 0 fully saturated rings. The van der Waals surface area contributed by atoms with Crippen LogP contribution in [0.2, 0.25) is 0 Å². The Morgan fingerprint density at radius 3 is 2.28 bits per heavy atom. The molecule has 1 aromatic rings. The van der Waals surface area contributed by atoms with Gasteiger partial charge >= 0.3 is 0 Å². The maximum Gasteiger partial charge on any atom is 0.167 e. The van der Waals surface area contributed by atoms with Crippen molar-refractivity contribution < 1.29 is 4.79 Å². The smallest absolute Gasteiger partial charge is 0.167 e. The summed E-state index contributed by atoms with van der Waals surface area (Å²) in [6.07, 6.45) is 0. The molecule has 0 bridgehead atoms. The fraction of sp³-hybridized carbons (Fsp3) is 0.562. The van der Waals surface area contributed by atoms with E-state index in [1.165, 1.54) is 11.1 Å². The zero-order valence-corrected chi connectivity index (χ0v) is 12.4. The largest absolute Gasteiger partial charge is 0.319 e. The Labute approximate surface area is 111 Å². The van der Waals surface area contributed by atoms with Crippen molar-refractivity contribution in [2.45, 2.75) is 34.6 Å². The van der Waals surface area contributed by atoms with Crippen molar-refractivity contribution >= 4 is 5.78 Å². The minimum atomic E-state index is 0.0517. The van der Waals surface area contributed by atoms with Gasteiger partial charge in [0.1, 0.15) is 0 Å². The van der Waals surface area contributed by atoms with E-state index in [0.717, 1.165) is 17.7 Å². The van der Waals surface area contributed by atoms with E-state index in [9.17, 15) is 4.79 Å². The summed E-state index contributed by atoms with van der Waals surface area (Å²) in [4.78, 5) is 12.6. The lowest BCUT2D eigenvalue weighted by Gasteiger charge is -2.21. The Bertz CT molecular complexity index is 435. The molecule has 0 saturated heterocycles. The molecule has 1 aromatic carbocycles. The van der Waals surface area contributed by atoms with E-state index in [1.807, 2.05) is 26.1 Å². The number of Topliss-reactive ketones (excluding diaryl/α,β-unsaturated/α-hetero) is 1. The number of ketones is 1. The average molecular weight is 247 g/mol. The summed E-state index contributed by atoms with van der Waals surface area (Å²) in [5, 5.41) is 3.12. The van der Waals surface area contributed by atoms with E-state index in [1.54, 1.807) is 0 Å². The van der Waals surface area contributed by atoms with Gasteiger partial charge in [-0.05, 0) is 50.4 Å². The minimum absolute atomic E-state index is 0.0517. The van der Waals surface area contributed by atoms with Crippen LogP contribution in [0.25, 0.3) is 0 Å². The minimum Gasteiger partial charge on any atom is -0.319 e. The number of benzene rings is 1. The lowest BCUT2D eigenvalue weighted by molar-refractivity contribution is 0.0885. The first-order valence-electron chi connectivity index (χ1n) is 6.65.